The van der Waals surface area contributed by atoms with Gasteiger partial charge in [0.05, 0.1) is 5.60 Å². The molecule has 19 heavy (non-hydrogen) atoms. The van der Waals surface area contributed by atoms with Crippen molar-refractivity contribution in [3.8, 4) is 0 Å². The smallest absolute Gasteiger partial charge is 0.253 e. The van der Waals surface area contributed by atoms with Crippen LogP contribution in [0.15, 0.2) is 12.1 Å². The van der Waals surface area contributed by atoms with Crippen molar-refractivity contribution in [1.82, 2.24) is 9.88 Å². The lowest BCUT2D eigenvalue weighted by Gasteiger charge is -2.25. The molecule has 106 valence electrons. The minimum absolute atomic E-state index is 0.163. The molecule has 5 heteroatoms. The molecule has 4 nitrogen and oxygen atoms in total. The Morgan fingerprint density at radius 2 is 2.11 bits per heavy atom. The second kappa shape index (κ2) is 6.35. The van der Waals surface area contributed by atoms with Crippen molar-refractivity contribution in [3.05, 3.63) is 28.5 Å². The minimum atomic E-state index is -0.923. The van der Waals surface area contributed by atoms with Gasteiger partial charge in [-0.1, -0.05) is 24.9 Å². The van der Waals surface area contributed by atoms with Crippen LogP contribution in [0, 0.1) is 0 Å². The molecule has 1 heterocycles. The van der Waals surface area contributed by atoms with E-state index in [-0.39, 0.29) is 12.5 Å². The molecule has 0 aliphatic heterocycles. The molecule has 0 aliphatic rings. The van der Waals surface area contributed by atoms with Crippen molar-refractivity contribution in [2.24, 2.45) is 0 Å². The number of hydrogen-bond donors (Lipinski definition) is 1. The maximum Gasteiger partial charge on any atom is 0.253 e. The number of aromatic nitrogens is 1. The fourth-order valence-electron chi connectivity index (χ4n) is 1.93. The first-order valence-electron chi connectivity index (χ1n) is 6.37. The fraction of sp³-hybridized carbons (Fsp3) is 0.571. The third-order valence-electron chi connectivity index (χ3n) is 2.57. The van der Waals surface area contributed by atoms with Gasteiger partial charge < -0.3 is 10.0 Å². The van der Waals surface area contributed by atoms with Crippen LogP contribution >= 0.6 is 11.6 Å². The second-order valence-corrected chi connectivity index (χ2v) is 5.78. The highest BCUT2D eigenvalue weighted by Crippen LogP contribution is 2.15. The van der Waals surface area contributed by atoms with Gasteiger partial charge in [-0.25, -0.2) is 4.98 Å². The van der Waals surface area contributed by atoms with Crippen LogP contribution in [0.5, 0.6) is 0 Å². The van der Waals surface area contributed by atoms with E-state index >= 15 is 0 Å². The lowest BCUT2D eigenvalue weighted by Crippen LogP contribution is -2.39. The Labute approximate surface area is 119 Å². The predicted molar refractivity (Wildman–Crippen MR) is 76.5 cm³/mol. The molecule has 0 aromatic carbocycles. The number of carbonyl (C=O) groups is 1. The third-order valence-corrected chi connectivity index (χ3v) is 2.76. The van der Waals surface area contributed by atoms with Crippen molar-refractivity contribution in [3.63, 3.8) is 0 Å². The summed E-state index contributed by atoms with van der Waals surface area (Å²) in [5.41, 5.74) is 0.401. The summed E-state index contributed by atoms with van der Waals surface area (Å²) in [5, 5.41) is 10.1. The number of likely N-dealkylation sites (N-methyl/N-ethyl adjacent to an activating group) is 1. The van der Waals surface area contributed by atoms with Gasteiger partial charge in [0, 0.05) is 24.8 Å². The van der Waals surface area contributed by atoms with Gasteiger partial charge in [-0.2, -0.15) is 0 Å². The van der Waals surface area contributed by atoms with E-state index in [4.69, 9.17) is 11.6 Å². The van der Waals surface area contributed by atoms with Crippen LogP contribution in [-0.2, 0) is 6.42 Å². The number of hydrogen-bond acceptors (Lipinski definition) is 3. The molecule has 0 fully saturated rings. The average molecular weight is 285 g/mol. The number of aliphatic hydroxyl groups is 1. The first-order valence-corrected chi connectivity index (χ1v) is 6.75. The fourth-order valence-corrected chi connectivity index (χ4v) is 2.16. The summed E-state index contributed by atoms with van der Waals surface area (Å²) in [7, 11) is 1.66. The number of amides is 1. The van der Waals surface area contributed by atoms with E-state index in [0.29, 0.717) is 10.7 Å². The largest absolute Gasteiger partial charge is 0.389 e. The van der Waals surface area contributed by atoms with Crippen molar-refractivity contribution < 1.29 is 9.90 Å². The first kappa shape index (κ1) is 15.9. The summed E-state index contributed by atoms with van der Waals surface area (Å²) < 4.78 is 0. The molecule has 1 amide bonds. The topological polar surface area (TPSA) is 53.4 Å². The highest BCUT2D eigenvalue weighted by atomic mass is 35.5. The van der Waals surface area contributed by atoms with Crippen molar-refractivity contribution >= 4 is 17.5 Å². The Morgan fingerprint density at radius 1 is 1.47 bits per heavy atom. The van der Waals surface area contributed by atoms with Gasteiger partial charge in [0.1, 0.15) is 5.15 Å². The Hall–Kier alpha value is -1.13. The normalized spacial score (nSPS) is 11.5. The van der Waals surface area contributed by atoms with Gasteiger partial charge in [0.2, 0.25) is 0 Å². The lowest BCUT2D eigenvalue weighted by atomic mass is 10.1. The second-order valence-electron chi connectivity index (χ2n) is 5.39. The number of carbonyl (C=O) groups excluding carboxylic acids is 1. The quantitative estimate of drug-likeness (QED) is 0.846. The van der Waals surface area contributed by atoms with E-state index in [1.165, 1.54) is 4.90 Å². The summed E-state index contributed by atoms with van der Waals surface area (Å²) in [5.74, 6) is -0.163. The molecule has 1 aromatic rings. The third kappa shape index (κ3) is 5.17. The maximum atomic E-state index is 12.3. The number of halogens is 1. The molecular formula is C14H21ClN2O2. The lowest BCUT2D eigenvalue weighted by molar-refractivity contribution is 0.0368. The first-order chi connectivity index (χ1) is 8.73. The number of rotatable bonds is 5. The highest BCUT2D eigenvalue weighted by Gasteiger charge is 2.21. The van der Waals surface area contributed by atoms with E-state index in [9.17, 15) is 9.90 Å². The maximum absolute atomic E-state index is 12.3. The summed E-state index contributed by atoms with van der Waals surface area (Å²) in [6, 6.07) is 3.32. The zero-order valence-electron chi connectivity index (χ0n) is 11.9. The van der Waals surface area contributed by atoms with E-state index in [0.717, 1.165) is 18.5 Å². The summed E-state index contributed by atoms with van der Waals surface area (Å²) >= 11 is 5.94. The van der Waals surface area contributed by atoms with Crippen LogP contribution in [0.4, 0.5) is 0 Å². The Bertz CT molecular complexity index is 455. The van der Waals surface area contributed by atoms with Crippen LogP contribution < -0.4 is 0 Å². The summed E-state index contributed by atoms with van der Waals surface area (Å²) in [4.78, 5) is 17.9. The predicted octanol–water partition coefficient (Wildman–Crippen LogP) is 2.53. The molecule has 0 saturated carbocycles. The molecule has 0 saturated heterocycles. The van der Waals surface area contributed by atoms with Crippen molar-refractivity contribution in [1.29, 1.82) is 0 Å². The van der Waals surface area contributed by atoms with E-state index in [2.05, 4.69) is 4.98 Å². The SMILES string of the molecule is CCCc1cc(C(=O)N(C)CC(C)(C)O)cc(Cl)n1. The monoisotopic (exact) mass is 284 g/mol. The van der Waals surface area contributed by atoms with Gasteiger partial charge in [-0.05, 0) is 32.4 Å². The Morgan fingerprint density at radius 3 is 2.63 bits per heavy atom. The molecule has 0 aliphatic carbocycles. The number of nitrogens with zero attached hydrogens (tertiary/aromatic N) is 2. The molecule has 1 rings (SSSR count). The Kier molecular flexibility index (Phi) is 5.32. The molecule has 0 unspecified atom stereocenters. The standard InChI is InChI=1S/C14H21ClN2O2/c1-5-6-11-7-10(8-12(15)16-11)13(18)17(4)9-14(2,3)19/h7-8,19H,5-6,9H2,1-4H3. The van der Waals surface area contributed by atoms with Crippen LogP contribution in [0.3, 0.4) is 0 Å². The average Bonchev–Trinajstić information content (AvgIpc) is 2.25. The minimum Gasteiger partial charge on any atom is -0.389 e. The molecule has 0 bridgehead atoms. The highest BCUT2D eigenvalue weighted by molar-refractivity contribution is 6.29. The van der Waals surface area contributed by atoms with Gasteiger partial charge in [0.25, 0.3) is 5.91 Å². The molecule has 0 radical (unpaired) electrons. The summed E-state index contributed by atoms with van der Waals surface area (Å²) in [6.07, 6.45) is 1.73. The zero-order valence-corrected chi connectivity index (χ0v) is 12.7. The van der Waals surface area contributed by atoms with Crippen LogP contribution in [0.25, 0.3) is 0 Å². The van der Waals surface area contributed by atoms with E-state index in [1.54, 1.807) is 33.0 Å². The molecular weight excluding hydrogens is 264 g/mol. The van der Waals surface area contributed by atoms with Crippen molar-refractivity contribution in [2.45, 2.75) is 39.2 Å². The van der Waals surface area contributed by atoms with Gasteiger partial charge in [-0.15, -0.1) is 0 Å². The van der Waals surface area contributed by atoms with Gasteiger partial charge in [0.15, 0.2) is 0 Å². The Balaban J connectivity index is 2.92. The van der Waals surface area contributed by atoms with Gasteiger partial charge >= 0.3 is 0 Å². The zero-order chi connectivity index (χ0) is 14.6. The van der Waals surface area contributed by atoms with Crippen LogP contribution in [0.2, 0.25) is 5.15 Å². The molecule has 1 aromatic heterocycles. The van der Waals surface area contributed by atoms with E-state index < -0.39 is 5.60 Å². The molecule has 1 N–H and O–H groups in total. The molecule has 0 spiro atoms. The number of pyridine rings is 1. The van der Waals surface area contributed by atoms with Crippen molar-refractivity contribution in [2.75, 3.05) is 13.6 Å². The van der Waals surface area contributed by atoms with Gasteiger partial charge in [-0.3, -0.25) is 4.79 Å². The molecule has 0 atom stereocenters. The van der Waals surface area contributed by atoms with E-state index in [1.807, 2.05) is 6.92 Å². The van der Waals surface area contributed by atoms with Crippen LogP contribution in [0.1, 0.15) is 43.2 Å². The van der Waals surface area contributed by atoms with Crippen LogP contribution in [-0.4, -0.2) is 40.1 Å². The summed E-state index contributed by atoms with van der Waals surface area (Å²) in [6.45, 7) is 5.64. The number of aryl methyl sites for hydroxylation is 1.